The molecule has 6 heteroatoms. The Morgan fingerprint density at radius 2 is 2.17 bits per heavy atom. The quantitative estimate of drug-likeness (QED) is 0.783. The van der Waals surface area contributed by atoms with Crippen LogP contribution in [0.3, 0.4) is 0 Å². The van der Waals surface area contributed by atoms with Crippen molar-refractivity contribution in [2.75, 3.05) is 20.2 Å². The molecule has 0 atom stereocenters. The first-order chi connectivity index (χ1) is 8.41. The summed E-state index contributed by atoms with van der Waals surface area (Å²) in [6.45, 7) is 4.90. The largest absolute Gasteiger partial charge is 0.377 e. The Morgan fingerprint density at radius 3 is 2.72 bits per heavy atom. The summed E-state index contributed by atoms with van der Waals surface area (Å²) < 4.78 is 5.38. The lowest BCUT2D eigenvalue weighted by Crippen LogP contribution is -2.30. The number of halogens is 2. The maximum absolute atomic E-state index is 12.0. The number of hydrogen-bond donors (Lipinski definition) is 0. The third-order valence-corrected chi connectivity index (χ3v) is 2.95. The summed E-state index contributed by atoms with van der Waals surface area (Å²) in [6, 6.07) is 1.51. The van der Waals surface area contributed by atoms with Crippen LogP contribution >= 0.6 is 23.2 Å². The Morgan fingerprint density at radius 1 is 1.50 bits per heavy atom. The summed E-state index contributed by atoms with van der Waals surface area (Å²) in [6.07, 6.45) is 1.57. The van der Waals surface area contributed by atoms with Gasteiger partial charge in [0.2, 0.25) is 0 Å². The molecule has 1 aromatic rings. The highest BCUT2D eigenvalue weighted by Gasteiger charge is 2.13. The number of likely N-dealkylation sites (N-methyl/N-ethyl adjacent to an activating group) is 1. The molecule has 0 saturated carbocycles. The van der Waals surface area contributed by atoms with Crippen molar-refractivity contribution in [2.45, 2.75) is 20.0 Å². The zero-order valence-corrected chi connectivity index (χ0v) is 12.1. The molecule has 1 rings (SSSR count). The van der Waals surface area contributed by atoms with Crippen LogP contribution in [0.2, 0.25) is 10.2 Å². The zero-order valence-electron chi connectivity index (χ0n) is 10.6. The molecule has 0 saturated heterocycles. The van der Waals surface area contributed by atoms with Gasteiger partial charge in [-0.15, -0.1) is 0 Å². The van der Waals surface area contributed by atoms with Gasteiger partial charge in [-0.3, -0.25) is 4.79 Å². The number of aromatic nitrogens is 1. The highest BCUT2D eigenvalue weighted by molar-refractivity contribution is 6.41. The van der Waals surface area contributed by atoms with E-state index in [9.17, 15) is 4.79 Å². The first kappa shape index (κ1) is 15.2. The van der Waals surface area contributed by atoms with Crippen molar-refractivity contribution in [2.24, 2.45) is 0 Å². The number of hydrogen-bond acceptors (Lipinski definition) is 3. The molecule has 0 fully saturated rings. The molecule has 0 N–H and O–H groups in total. The van der Waals surface area contributed by atoms with Crippen molar-refractivity contribution < 1.29 is 9.53 Å². The van der Waals surface area contributed by atoms with E-state index < -0.39 is 0 Å². The highest BCUT2D eigenvalue weighted by Crippen LogP contribution is 2.20. The molecule has 0 aliphatic carbocycles. The summed E-state index contributed by atoms with van der Waals surface area (Å²) in [5, 5.41) is 0.466. The van der Waals surface area contributed by atoms with Gasteiger partial charge in [0.25, 0.3) is 5.91 Å². The number of carbonyl (C=O) groups excluding carboxylic acids is 1. The van der Waals surface area contributed by atoms with Gasteiger partial charge in [-0.2, -0.15) is 0 Å². The molecular formula is C12H16Cl2N2O2. The predicted molar refractivity (Wildman–Crippen MR) is 72.3 cm³/mol. The van der Waals surface area contributed by atoms with Crippen molar-refractivity contribution in [1.82, 2.24) is 9.88 Å². The van der Waals surface area contributed by atoms with Crippen molar-refractivity contribution >= 4 is 29.1 Å². The van der Waals surface area contributed by atoms with Crippen LogP contribution in [0.1, 0.15) is 24.2 Å². The summed E-state index contributed by atoms with van der Waals surface area (Å²) in [4.78, 5) is 17.4. The van der Waals surface area contributed by atoms with E-state index in [4.69, 9.17) is 27.9 Å². The first-order valence-electron chi connectivity index (χ1n) is 5.60. The van der Waals surface area contributed by atoms with E-state index in [1.165, 1.54) is 12.3 Å². The number of ether oxygens (including phenoxy) is 1. The minimum atomic E-state index is -0.159. The molecule has 1 amide bonds. The molecule has 0 radical (unpaired) electrons. The number of nitrogens with zero attached hydrogens (tertiary/aromatic N) is 2. The van der Waals surface area contributed by atoms with Crippen LogP contribution in [0.15, 0.2) is 12.3 Å². The maximum atomic E-state index is 12.0. The van der Waals surface area contributed by atoms with Crippen molar-refractivity contribution in [3.8, 4) is 0 Å². The normalized spacial score (nSPS) is 10.8. The van der Waals surface area contributed by atoms with E-state index in [0.717, 1.165) is 0 Å². The van der Waals surface area contributed by atoms with Gasteiger partial charge in [0.1, 0.15) is 5.15 Å². The van der Waals surface area contributed by atoms with Gasteiger partial charge in [0.15, 0.2) is 0 Å². The van der Waals surface area contributed by atoms with Gasteiger partial charge in [-0.05, 0) is 19.9 Å². The fraction of sp³-hybridized carbons (Fsp3) is 0.500. The number of pyridine rings is 1. The number of carbonyl (C=O) groups is 1. The standard InChI is InChI=1S/C12H16Cl2N2O2/c1-8(2)18-5-4-16(3)12(17)9-6-10(13)11(14)15-7-9/h6-8H,4-5H2,1-3H3. The first-order valence-corrected chi connectivity index (χ1v) is 6.35. The number of rotatable bonds is 5. The molecule has 0 bridgehead atoms. The van der Waals surface area contributed by atoms with Crippen LogP contribution in [-0.4, -0.2) is 42.1 Å². The fourth-order valence-corrected chi connectivity index (χ4v) is 1.56. The van der Waals surface area contributed by atoms with Crippen LogP contribution < -0.4 is 0 Å². The van der Waals surface area contributed by atoms with E-state index in [0.29, 0.717) is 18.7 Å². The Balaban J connectivity index is 2.60. The number of amides is 1. The lowest BCUT2D eigenvalue weighted by Gasteiger charge is -2.18. The van der Waals surface area contributed by atoms with E-state index >= 15 is 0 Å². The van der Waals surface area contributed by atoms with Crippen LogP contribution in [0.25, 0.3) is 0 Å². The maximum Gasteiger partial charge on any atom is 0.255 e. The topological polar surface area (TPSA) is 42.4 Å². The van der Waals surface area contributed by atoms with Crippen LogP contribution in [0.4, 0.5) is 0 Å². The van der Waals surface area contributed by atoms with E-state index in [1.807, 2.05) is 13.8 Å². The van der Waals surface area contributed by atoms with E-state index in [-0.39, 0.29) is 22.2 Å². The molecule has 100 valence electrons. The van der Waals surface area contributed by atoms with E-state index in [1.54, 1.807) is 11.9 Å². The second-order valence-electron chi connectivity index (χ2n) is 4.14. The minimum absolute atomic E-state index is 0.153. The van der Waals surface area contributed by atoms with Crippen molar-refractivity contribution in [3.05, 3.63) is 28.0 Å². The molecular weight excluding hydrogens is 275 g/mol. The monoisotopic (exact) mass is 290 g/mol. The third kappa shape index (κ3) is 4.44. The molecule has 0 aliphatic heterocycles. The fourth-order valence-electron chi connectivity index (χ4n) is 1.29. The summed E-state index contributed by atoms with van der Waals surface area (Å²) in [5.74, 6) is -0.159. The Kier molecular flexibility index (Phi) is 5.85. The Labute approximate surface area is 117 Å². The predicted octanol–water partition coefficient (Wildman–Crippen LogP) is 2.89. The van der Waals surface area contributed by atoms with Gasteiger partial charge in [-0.25, -0.2) is 4.98 Å². The highest BCUT2D eigenvalue weighted by atomic mass is 35.5. The second-order valence-corrected chi connectivity index (χ2v) is 4.91. The van der Waals surface area contributed by atoms with Gasteiger partial charge in [-0.1, -0.05) is 23.2 Å². The minimum Gasteiger partial charge on any atom is -0.377 e. The molecule has 0 spiro atoms. The smallest absolute Gasteiger partial charge is 0.255 e. The van der Waals surface area contributed by atoms with Crippen LogP contribution in [0, 0.1) is 0 Å². The van der Waals surface area contributed by atoms with Gasteiger partial charge < -0.3 is 9.64 Å². The molecule has 1 heterocycles. The third-order valence-electron chi connectivity index (χ3n) is 2.27. The molecule has 18 heavy (non-hydrogen) atoms. The average molecular weight is 291 g/mol. The lowest BCUT2D eigenvalue weighted by molar-refractivity contribution is 0.0532. The van der Waals surface area contributed by atoms with Crippen LogP contribution in [-0.2, 0) is 4.74 Å². The van der Waals surface area contributed by atoms with Crippen molar-refractivity contribution in [3.63, 3.8) is 0 Å². The zero-order chi connectivity index (χ0) is 13.7. The van der Waals surface area contributed by atoms with Gasteiger partial charge in [0, 0.05) is 19.8 Å². The average Bonchev–Trinajstić information content (AvgIpc) is 2.31. The summed E-state index contributed by atoms with van der Waals surface area (Å²) in [5.41, 5.74) is 0.413. The molecule has 1 aromatic heterocycles. The SMILES string of the molecule is CC(C)OCCN(C)C(=O)c1cnc(Cl)c(Cl)c1. The molecule has 0 unspecified atom stereocenters. The Bertz CT molecular complexity index is 425. The van der Waals surface area contributed by atoms with Crippen molar-refractivity contribution in [1.29, 1.82) is 0 Å². The molecule has 4 nitrogen and oxygen atoms in total. The summed E-state index contributed by atoms with van der Waals surface area (Å²) in [7, 11) is 1.70. The van der Waals surface area contributed by atoms with Gasteiger partial charge >= 0.3 is 0 Å². The Hall–Kier alpha value is -0.840. The van der Waals surface area contributed by atoms with Crippen LogP contribution in [0.5, 0.6) is 0 Å². The second kappa shape index (κ2) is 6.92. The lowest BCUT2D eigenvalue weighted by atomic mass is 10.2. The molecule has 0 aliphatic rings. The van der Waals surface area contributed by atoms with Gasteiger partial charge in [0.05, 0.1) is 23.3 Å². The molecule has 0 aromatic carbocycles. The summed E-state index contributed by atoms with van der Waals surface area (Å²) >= 11 is 11.5. The van der Waals surface area contributed by atoms with E-state index in [2.05, 4.69) is 4.98 Å².